The van der Waals surface area contributed by atoms with Crippen LogP contribution in [0.4, 0.5) is 0 Å². The minimum absolute atomic E-state index is 0.166. The molecule has 5 aliphatic carbocycles. The monoisotopic (exact) mass is 426 g/mol. The van der Waals surface area contributed by atoms with Gasteiger partial charge in [-0.1, -0.05) is 32.9 Å². The maximum absolute atomic E-state index is 6.94. The lowest BCUT2D eigenvalue weighted by Crippen LogP contribution is -2.59. The topological polar surface area (TPSA) is 36.9 Å². The second kappa shape index (κ2) is 7.20. The van der Waals surface area contributed by atoms with E-state index in [1.807, 2.05) is 0 Å². The van der Waals surface area contributed by atoms with Crippen molar-refractivity contribution in [1.82, 2.24) is 0 Å². The minimum atomic E-state index is -0.556. The molecule has 2 spiro atoms. The third kappa shape index (κ3) is 3.63. The van der Waals surface area contributed by atoms with Crippen molar-refractivity contribution in [3.63, 3.8) is 0 Å². The molecule has 5 saturated carbocycles. The van der Waals surface area contributed by atoms with Gasteiger partial charge in [-0.2, -0.15) is 9.78 Å². The van der Waals surface area contributed by atoms with Gasteiger partial charge in [0.1, 0.15) is 5.75 Å². The van der Waals surface area contributed by atoms with Crippen molar-refractivity contribution in [1.29, 1.82) is 0 Å². The number of ether oxygens (including phenoxy) is 2. The Bertz CT molecular complexity index is 782. The van der Waals surface area contributed by atoms with E-state index >= 15 is 0 Å². The molecule has 1 unspecified atom stereocenters. The summed E-state index contributed by atoms with van der Waals surface area (Å²) in [6.07, 6.45) is 10.7. The van der Waals surface area contributed by atoms with Crippen molar-refractivity contribution in [2.75, 3.05) is 6.61 Å². The number of benzene rings is 1. The van der Waals surface area contributed by atoms with E-state index < -0.39 is 11.6 Å². The zero-order chi connectivity index (χ0) is 21.3. The Morgan fingerprint density at radius 3 is 2.26 bits per heavy atom. The van der Waals surface area contributed by atoms with Crippen LogP contribution in [0.25, 0.3) is 0 Å². The molecular weight excluding hydrogens is 388 g/mol. The molecule has 1 aliphatic heterocycles. The van der Waals surface area contributed by atoms with Crippen LogP contribution in [0.2, 0.25) is 0 Å². The highest BCUT2D eigenvalue weighted by Gasteiger charge is 2.67. The molecular formula is C27H38O4. The van der Waals surface area contributed by atoms with Gasteiger partial charge in [0.2, 0.25) is 11.6 Å². The number of rotatable bonds is 3. The van der Waals surface area contributed by atoms with E-state index in [4.69, 9.17) is 19.2 Å². The van der Waals surface area contributed by atoms with E-state index in [1.165, 1.54) is 44.1 Å². The highest BCUT2D eigenvalue weighted by Crippen LogP contribution is 2.64. The summed E-state index contributed by atoms with van der Waals surface area (Å²) in [7, 11) is 0. The molecule has 1 aromatic carbocycles. The predicted octanol–water partition coefficient (Wildman–Crippen LogP) is 6.60. The minimum Gasteiger partial charge on any atom is -0.493 e. The standard InChI is InChI=1S/C27H38O4/c1-25(2,3)17-28-24-8-6-20(7-9-24)21-5-4-10-26(16-21)29-27(31-30-26)22-12-18-11-19(14-22)15-23(27)13-18/h6-9,18-19,21-23H,4-5,10-17H2,1-3H3/t18?,19?,21?,22?,23?,26-,27?/m1/s1. The molecule has 1 saturated heterocycles. The van der Waals surface area contributed by atoms with Gasteiger partial charge in [0, 0.05) is 24.7 Å². The van der Waals surface area contributed by atoms with Crippen molar-refractivity contribution in [3.05, 3.63) is 29.8 Å². The van der Waals surface area contributed by atoms with Crippen LogP contribution in [0.15, 0.2) is 24.3 Å². The van der Waals surface area contributed by atoms with E-state index in [-0.39, 0.29) is 5.41 Å². The Hall–Kier alpha value is -1.10. The third-order valence-corrected chi connectivity index (χ3v) is 8.64. The molecule has 2 atom stereocenters. The van der Waals surface area contributed by atoms with E-state index in [0.717, 1.165) is 43.5 Å². The van der Waals surface area contributed by atoms with Gasteiger partial charge in [0.25, 0.3) is 0 Å². The van der Waals surface area contributed by atoms with Gasteiger partial charge in [-0.15, -0.1) is 0 Å². The van der Waals surface area contributed by atoms with Crippen LogP contribution in [0, 0.1) is 29.1 Å². The predicted molar refractivity (Wildman–Crippen MR) is 118 cm³/mol. The highest BCUT2D eigenvalue weighted by atomic mass is 17.3. The van der Waals surface area contributed by atoms with E-state index in [1.54, 1.807) is 0 Å². The zero-order valence-electron chi connectivity index (χ0n) is 19.4. The van der Waals surface area contributed by atoms with Gasteiger partial charge in [0.05, 0.1) is 6.61 Å². The first kappa shape index (κ1) is 20.5. The molecule has 4 nitrogen and oxygen atoms in total. The molecule has 0 N–H and O–H groups in total. The van der Waals surface area contributed by atoms with Gasteiger partial charge in [-0.25, -0.2) is 0 Å². The van der Waals surface area contributed by atoms with E-state index in [0.29, 0.717) is 17.8 Å². The Labute approximate surface area is 186 Å². The lowest BCUT2D eigenvalue weighted by atomic mass is 9.53. The van der Waals surface area contributed by atoms with Crippen LogP contribution in [0.3, 0.4) is 0 Å². The summed E-state index contributed by atoms with van der Waals surface area (Å²) in [5.74, 6) is 3.24. The zero-order valence-corrected chi connectivity index (χ0v) is 19.4. The van der Waals surface area contributed by atoms with Gasteiger partial charge >= 0.3 is 0 Å². The molecule has 0 aromatic heterocycles. The van der Waals surface area contributed by atoms with Crippen LogP contribution in [-0.2, 0) is 14.5 Å². The summed E-state index contributed by atoms with van der Waals surface area (Å²) in [6.45, 7) is 7.32. The summed E-state index contributed by atoms with van der Waals surface area (Å²) < 4.78 is 12.9. The third-order valence-electron chi connectivity index (χ3n) is 8.64. The summed E-state index contributed by atoms with van der Waals surface area (Å²) in [6, 6.07) is 8.70. The van der Waals surface area contributed by atoms with Crippen molar-refractivity contribution in [2.45, 2.75) is 96.1 Å². The molecule has 0 amide bonds. The average molecular weight is 427 g/mol. The molecule has 7 rings (SSSR count). The van der Waals surface area contributed by atoms with E-state index in [9.17, 15) is 0 Å². The van der Waals surface area contributed by atoms with E-state index in [2.05, 4.69) is 45.0 Å². The van der Waals surface area contributed by atoms with Crippen LogP contribution in [0.5, 0.6) is 5.75 Å². The van der Waals surface area contributed by atoms with Gasteiger partial charge in [-0.05, 0) is 85.8 Å². The Morgan fingerprint density at radius 2 is 1.61 bits per heavy atom. The molecule has 4 heteroatoms. The Balaban J connectivity index is 1.15. The second-order valence-corrected chi connectivity index (χ2v) is 12.4. The largest absolute Gasteiger partial charge is 0.493 e. The average Bonchev–Trinajstić information content (AvgIpc) is 3.09. The fraction of sp³-hybridized carbons (Fsp3) is 0.778. The summed E-state index contributed by atoms with van der Waals surface area (Å²) >= 11 is 0. The molecule has 31 heavy (non-hydrogen) atoms. The van der Waals surface area contributed by atoms with Crippen molar-refractivity contribution >= 4 is 0 Å². The molecule has 1 heterocycles. The summed E-state index contributed by atoms with van der Waals surface area (Å²) in [5.41, 5.74) is 1.53. The van der Waals surface area contributed by atoms with Gasteiger partial charge in [-0.3, -0.25) is 0 Å². The molecule has 1 aromatic rings. The fourth-order valence-electron chi connectivity index (χ4n) is 7.40. The summed E-state index contributed by atoms with van der Waals surface area (Å²) in [4.78, 5) is 12.4. The maximum atomic E-state index is 6.94. The molecule has 6 fully saturated rings. The first-order valence-corrected chi connectivity index (χ1v) is 12.6. The highest BCUT2D eigenvalue weighted by molar-refractivity contribution is 5.30. The maximum Gasteiger partial charge on any atom is 0.210 e. The van der Waals surface area contributed by atoms with Crippen LogP contribution in [0.1, 0.15) is 90.0 Å². The normalized spacial score (nSPS) is 43.8. The van der Waals surface area contributed by atoms with Crippen molar-refractivity contribution < 1.29 is 19.2 Å². The lowest BCUT2D eigenvalue weighted by Gasteiger charge is -2.57. The van der Waals surface area contributed by atoms with Gasteiger partial charge < -0.3 is 9.47 Å². The molecule has 4 bridgehead atoms. The quantitative estimate of drug-likeness (QED) is 0.511. The first-order valence-electron chi connectivity index (χ1n) is 12.6. The SMILES string of the molecule is CC(C)(C)COc1ccc(C2CCC[C@]3(C2)OOC2(O3)C3CC4CC(C3)CC2C4)cc1. The smallest absolute Gasteiger partial charge is 0.210 e. The van der Waals surface area contributed by atoms with Gasteiger partial charge in [0.15, 0.2) is 0 Å². The molecule has 0 radical (unpaired) electrons. The first-order chi connectivity index (χ1) is 14.8. The molecule has 6 aliphatic rings. The fourth-order valence-corrected chi connectivity index (χ4v) is 7.40. The lowest BCUT2D eigenvalue weighted by molar-refractivity contribution is -0.390. The molecule has 170 valence electrons. The van der Waals surface area contributed by atoms with Crippen LogP contribution >= 0.6 is 0 Å². The van der Waals surface area contributed by atoms with Crippen LogP contribution in [-0.4, -0.2) is 18.2 Å². The second-order valence-electron chi connectivity index (χ2n) is 12.4. The Morgan fingerprint density at radius 1 is 0.935 bits per heavy atom. The van der Waals surface area contributed by atoms with Crippen molar-refractivity contribution in [2.24, 2.45) is 29.1 Å². The van der Waals surface area contributed by atoms with Crippen LogP contribution < -0.4 is 4.74 Å². The number of hydrogen-bond acceptors (Lipinski definition) is 4. The number of hydrogen-bond donors (Lipinski definition) is 0. The summed E-state index contributed by atoms with van der Waals surface area (Å²) in [5, 5.41) is 0. The Kier molecular flexibility index (Phi) is 4.76. The van der Waals surface area contributed by atoms with Crippen molar-refractivity contribution in [3.8, 4) is 5.75 Å².